The van der Waals surface area contributed by atoms with Gasteiger partial charge in [0, 0.05) is 0 Å². The van der Waals surface area contributed by atoms with E-state index in [4.69, 9.17) is 0 Å². The molecular weight excluding hydrogens is 384 g/mol. The van der Waals surface area contributed by atoms with Crippen molar-refractivity contribution in [2.75, 3.05) is 0 Å². The molecule has 2 aliphatic rings. The number of hydrogen-bond acceptors (Lipinski definition) is 0. The highest BCUT2D eigenvalue weighted by Gasteiger charge is 2.22. The van der Waals surface area contributed by atoms with Crippen LogP contribution in [0.5, 0.6) is 0 Å². The molecule has 0 aromatic heterocycles. The highest BCUT2D eigenvalue weighted by Crippen LogP contribution is 2.39. The third-order valence-electron chi connectivity index (χ3n) is 8.55. The van der Waals surface area contributed by atoms with Gasteiger partial charge < -0.3 is 0 Å². The molecule has 0 saturated heterocycles. The maximum atomic E-state index is 2.57. The van der Waals surface area contributed by atoms with Gasteiger partial charge in [0.2, 0.25) is 0 Å². The van der Waals surface area contributed by atoms with Crippen LogP contribution in [-0.4, -0.2) is 0 Å². The minimum absolute atomic E-state index is 0.817. The van der Waals surface area contributed by atoms with Gasteiger partial charge >= 0.3 is 0 Å². The number of rotatable bonds is 14. The van der Waals surface area contributed by atoms with Crippen LogP contribution in [0.2, 0.25) is 0 Å². The number of hydrogen-bond donors (Lipinski definition) is 0. The zero-order valence-corrected chi connectivity index (χ0v) is 21.6. The quantitative estimate of drug-likeness (QED) is 0.254. The highest BCUT2D eigenvalue weighted by atomic mass is 14.3. The topological polar surface area (TPSA) is 0 Å². The Morgan fingerprint density at radius 2 is 1.22 bits per heavy atom. The lowest BCUT2D eigenvalue weighted by Gasteiger charge is -2.29. The molecule has 1 fully saturated rings. The summed E-state index contributed by atoms with van der Waals surface area (Å²) in [6.07, 6.45) is 29.6. The summed E-state index contributed by atoms with van der Waals surface area (Å²) in [4.78, 5) is 0. The van der Waals surface area contributed by atoms with Crippen LogP contribution in [0, 0.1) is 11.8 Å². The Balaban J connectivity index is 1.36. The lowest BCUT2D eigenvalue weighted by Crippen LogP contribution is -2.13. The van der Waals surface area contributed by atoms with Gasteiger partial charge in [0.1, 0.15) is 0 Å². The molecule has 3 rings (SSSR count). The van der Waals surface area contributed by atoms with Crippen molar-refractivity contribution >= 4 is 5.57 Å². The van der Waals surface area contributed by atoms with Crippen molar-refractivity contribution in [3.05, 3.63) is 41.5 Å². The third kappa shape index (κ3) is 8.72. The van der Waals surface area contributed by atoms with Crippen molar-refractivity contribution < 1.29 is 0 Å². The van der Waals surface area contributed by atoms with Gasteiger partial charge in [0.05, 0.1) is 0 Å². The average Bonchev–Trinajstić information content (AvgIpc) is 2.85. The molecule has 1 aromatic carbocycles. The van der Waals surface area contributed by atoms with Crippen LogP contribution in [0.1, 0.15) is 153 Å². The van der Waals surface area contributed by atoms with E-state index in [1.54, 1.807) is 11.1 Å². The molecule has 0 N–H and O–H groups in total. The van der Waals surface area contributed by atoms with E-state index in [9.17, 15) is 0 Å². The van der Waals surface area contributed by atoms with E-state index in [2.05, 4.69) is 44.2 Å². The molecule has 0 spiro atoms. The van der Waals surface area contributed by atoms with Crippen molar-refractivity contribution in [2.24, 2.45) is 11.8 Å². The predicted molar refractivity (Wildman–Crippen MR) is 143 cm³/mol. The van der Waals surface area contributed by atoms with Gasteiger partial charge in [0.25, 0.3) is 0 Å². The molecule has 0 bridgehead atoms. The monoisotopic (exact) mass is 436 g/mol. The first-order chi connectivity index (χ1) is 15.8. The van der Waals surface area contributed by atoms with Gasteiger partial charge in [0.15, 0.2) is 0 Å². The van der Waals surface area contributed by atoms with Crippen molar-refractivity contribution in [3.8, 4) is 0 Å². The standard InChI is InChI=1S/C32H52/c1-3-5-7-9-11-13-27-15-19-29(20-16-27)31-23-25-32(26-24-31)30-21-17-28(18-22-30)14-12-10-8-6-4-2/h19,23-28,30H,3-18,20-22H2,1-2H3. The minimum atomic E-state index is 0.817. The second kappa shape index (κ2) is 15.0. The van der Waals surface area contributed by atoms with Crippen molar-refractivity contribution in [3.63, 3.8) is 0 Å². The Morgan fingerprint density at radius 3 is 1.78 bits per heavy atom. The Bertz CT molecular complexity index is 629. The fourth-order valence-electron chi connectivity index (χ4n) is 6.24. The van der Waals surface area contributed by atoms with Crippen molar-refractivity contribution in [1.82, 2.24) is 0 Å². The molecule has 32 heavy (non-hydrogen) atoms. The predicted octanol–water partition coefficient (Wildman–Crippen LogP) is 10.9. The van der Waals surface area contributed by atoms with E-state index < -0.39 is 0 Å². The average molecular weight is 437 g/mol. The SMILES string of the molecule is CCCCCCCC1CC=C(c2ccc(C3CCC(CCCCCCC)CC3)cc2)CC1. The molecule has 0 aliphatic heterocycles. The van der Waals surface area contributed by atoms with Gasteiger partial charge in [-0.15, -0.1) is 0 Å². The van der Waals surface area contributed by atoms with Crippen LogP contribution in [0.15, 0.2) is 30.3 Å². The van der Waals surface area contributed by atoms with Crippen LogP contribution in [0.25, 0.3) is 5.57 Å². The van der Waals surface area contributed by atoms with E-state index in [0.717, 1.165) is 17.8 Å². The van der Waals surface area contributed by atoms with E-state index in [1.165, 1.54) is 128 Å². The number of allylic oxidation sites excluding steroid dienone is 2. The third-order valence-corrected chi connectivity index (χ3v) is 8.55. The maximum absolute atomic E-state index is 2.57. The first-order valence-corrected chi connectivity index (χ1v) is 14.6. The molecule has 1 saturated carbocycles. The van der Waals surface area contributed by atoms with Crippen molar-refractivity contribution in [2.45, 2.75) is 142 Å². The summed E-state index contributed by atoms with van der Waals surface area (Å²) < 4.78 is 0. The van der Waals surface area contributed by atoms with E-state index in [-0.39, 0.29) is 0 Å². The van der Waals surface area contributed by atoms with E-state index in [0.29, 0.717) is 0 Å². The van der Waals surface area contributed by atoms with Gasteiger partial charge in [-0.2, -0.15) is 0 Å². The summed E-state index contributed by atoms with van der Waals surface area (Å²) in [5, 5.41) is 0. The molecule has 180 valence electrons. The second-order valence-electron chi connectivity index (χ2n) is 11.1. The summed E-state index contributed by atoms with van der Waals surface area (Å²) in [5.41, 5.74) is 4.72. The number of unbranched alkanes of at least 4 members (excludes halogenated alkanes) is 8. The van der Waals surface area contributed by atoms with Gasteiger partial charge in [-0.05, 0) is 79.4 Å². The zero-order valence-electron chi connectivity index (χ0n) is 21.6. The Hall–Kier alpha value is -1.04. The molecule has 1 aromatic rings. The summed E-state index contributed by atoms with van der Waals surface area (Å²) in [7, 11) is 0. The Kier molecular flexibility index (Phi) is 12.0. The smallest absolute Gasteiger partial charge is 0.0162 e. The van der Waals surface area contributed by atoms with Gasteiger partial charge in [-0.3, -0.25) is 0 Å². The van der Waals surface area contributed by atoms with E-state index in [1.807, 2.05) is 0 Å². The lowest BCUT2D eigenvalue weighted by molar-refractivity contribution is 0.302. The maximum Gasteiger partial charge on any atom is -0.0162 e. The first kappa shape index (κ1) is 25.6. The van der Waals surface area contributed by atoms with Crippen LogP contribution in [-0.2, 0) is 0 Å². The highest BCUT2D eigenvalue weighted by molar-refractivity contribution is 5.66. The molecule has 2 aliphatic carbocycles. The molecule has 0 radical (unpaired) electrons. The summed E-state index contributed by atoms with van der Waals surface area (Å²) in [6.45, 7) is 4.62. The summed E-state index contributed by atoms with van der Waals surface area (Å²) >= 11 is 0. The Labute approximate surface area is 200 Å². The first-order valence-electron chi connectivity index (χ1n) is 14.6. The molecule has 0 heteroatoms. The van der Waals surface area contributed by atoms with Crippen LogP contribution >= 0.6 is 0 Å². The lowest BCUT2D eigenvalue weighted by atomic mass is 9.76. The minimum Gasteiger partial charge on any atom is -0.0804 e. The fourth-order valence-corrected chi connectivity index (χ4v) is 6.24. The second-order valence-corrected chi connectivity index (χ2v) is 11.1. The molecule has 0 amide bonds. The van der Waals surface area contributed by atoms with Crippen LogP contribution in [0.3, 0.4) is 0 Å². The van der Waals surface area contributed by atoms with Crippen LogP contribution < -0.4 is 0 Å². The van der Waals surface area contributed by atoms with Gasteiger partial charge in [-0.25, -0.2) is 0 Å². The number of benzene rings is 1. The molecule has 0 heterocycles. The largest absolute Gasteiger partial charge is 0.0804 e. The summed E-state index contributed by atoms with van der Waals surface area (Å²) in [5.74, 6) is 2.78. The van der Waals surface area contributed by atoms with Crippen LogP contribution in [0.4, 0.5) is 0 Å². The molecule has 1 unspecified atom stereocenters. The van der Waals surface area contributed by atoms with Gasteiger partial charge in [-0.1, -0.05) is 121 Å². The van der Waals surface area contributed by atoms with Crippen molar-refractivity contribution in [1.29, 1.82) is 0 Å². The molecular formula is C32H52. The van der Waals surface area contributed by atoms with E-state index >= 15 is 0 Å². The zero-order chi connectivity index (χ0) is 22.4. The molecule has 0 nitrogen and oxygen atoms in total. The Morgan fingerprint density at radius 1 is 0.625 bits per heavy atom. The summed E-state index contributed by atoms with van der Waals surface area (Å²) in [6, 6.07) is 9.80. The fraction of sp³-hybridized carbons (Fsp3) is 0.750. The normalized spacial score (nSPS) is 23.8. The molecule has 1 atom stereocenters.